The zero-order chi connectivity index (χ0) is 13.8. The molecule has 0 saturated carbocycles. The van der Waals surface area contributed by atoms with Crippen molar-refractivity contribution >= 4 is 23.6 Å². The first-order valence-electron chi connectivity index (χ1n) is 6.57. The summed E-state index contributed by atoms with van der Waals surface area (Å²) in [7, 11) is 0. The number of rotatable bonds is 5. The summed E-state index contributed by atoms with van der Waals surface area (Å²) in [4.78, 5) is 25.1. The predicted molar refractivity (Wildman–Crippen MR) is 72.0 cm³/mol. The molecule has 0 aromatic heterocycles. The fourth-order valence-corrected chi connectivity index (χ4v) is 3.56. The van der Waals surface area contributed by atoms with Gasteiger partial charge in [0.15, 0.2) is 0 Å². The molecule has 2 unspecified atom stereocenters. The Balaban J connectivity index is 1.99. The van der Waals surface area contributed by atoms with E-state index in [1.165, 1.54) is 16.7 Å². The summed E-state index contributed by atoms with van der Waals surface area (Å²) in [5.74, 6) is -0.333. The lowest BCUT2D eigenvalue weighted by Crippen LogP contribution is -2.49. The molecule has 2 rings (SSSR count). The standard InChI is InChI=1S/C12H20N2O4S/c1-2-3-13-9-5-18-4-8(9)11(15)14-7-19-6-10(14)12(16)17/h8-10,13H,2-7H2,1H3,(H,16,17)/t8?,9?,10-/m0/s1. The number of nitrogens with zero attached hydrogens (tertiary/aromatic N) is 1. The van der Waals surface area contributed by atoms with Crippen molar-refractivity contribution in [2.45, 2.75) is 25.4 Å². The summed E-state index contributed by atoms with van der Waals surface area (Å²) in [5, 5.41) is 12.4. The van der Waals surface area contributed by atoms with Gasteiger partial charge in [-0.25, -0.2) is 4.79 Å². The molecule has 1 amide bonds. The highest BCUT2D eigenvalue weighted by molar-refractivity contribution is 7.99. The zero-order valence-corrected chi connectivity index (χ0v) is 11.8. The van der Waals surface area contributed by atoms with Crippen LogP contribution in [0.15, 0.2) is 0 Å². The normalized spacial score (nSPS) is 30.8. The van der Waals surface area contributed by atoms with Crippen LogP contribution >= 0.6 is 11.8 Å². The minimum atomic E-state index is -0.921. The number of carbonyl (C=O) groups is 2. The van der Waals surface area contributed by atoms with Gasteiger partial charge in [-0.3, -0.25) is 4.79 Å². The average molecular weight is 288 g/mol. The molecule has 19 heavy (non-hydrogen) atoms. The zero-order valence-electron chi connectivity index (χ0n) is 11.0. The second-order valence-electron chi connectivity index (χ2n) is 4.87. The Morgan fingerprint density at radius 3 is 2.95 bits per heavy atom. The summed E-state index contributed by atoms with van der Waals surface area (Å²) in [5.41, 5.74) is 0. The molecule has 0 radical (unpaired) electrons. The van der Waals surface area contributed by atoms with Crippen LogP contribution in [0.2, 0.25) is 0 Å². The van der Waals surface area contributed by atoms with Crippen LogP contribution in [-0.4, -0.2) is 65.4 Å². The van der Waals surface area contributed by atoms with E-state index < -0.39 is 12.0 Å². The third kappa shape index (κ3) is 3.21. The van der Waals surface area contributed by atoms with Crippen molar-refractivity contribution in [2.75, 3.05) is 31.4 Å². The van der Waals surface area contributed by atoms with E-state index in [-0.39, 0.29) is 17.9 Å². The van der Waals surface area contributed by atoms with Gasteiger partial charge in [-0.1, -0.05) is 6.92 Å². The van der Waals surface area contributed by atoms with Crippen LogP contribution in [0.5, 0.6) is 0 Å². The first kappa shape index (κ1) is 14.6. The molecular weight excluding hydrogens is 268 g/mol. The van der Waals surface area contributed by atoms with Crippen LogP contribution < -0.4 is 5.32 Å². The van der Waals surface area contributed by atoms with Crippen LogP contribution in [0, 0.1) is 5.92 Å². The van der Waals surface area contributed by atoms with Crippen molar-refractivity contribution in [2.24, 2.45) is 5.92 Å². The highest BCUT2D eigenvalue weighted by Crippen LogP contribution is 2.26. The fraction of sp³-hybridized carbons (Fsp3) is 0.833. The number of carbonyl (C=O) groups excluding carboxylic acids is 1. The van der Waals surface area contributed by atoms with Gasteiger partial charge in [0.1, 0.15) is 6.04 Å². The van der Waals surface area contributed by atoms with Gasteiger partial charge >= 0.3 is 5.97 Å². The number of hydrogen-bond acceptors (Lipinski definition) is 5. The summed E-state index contributed by atoms with van der Waals surface area (Å²) in [6.07, 6.45) is 0.995. The molecule has 2 fully saturated rings. The molecule has 3 atom stereocenters. The molecule has 2 saturated heterocycles. The Kier molecular flexibility index (Phi) is 5.06. The number of aliphatic carboxylic acids is 1. The van der Waals surface area contributed by atoms with Crippen LogP contribution in [0.25, 0.3) is 0 Å². The van der Waals surface area contributed by atoms with Gasteiger partial charge in [0.25, 0.3) is 0 Å². The Hall–Kier alpha value is -0.790. The lowest BCUT2D eigenvalue weighted by atomic mass is 10.0. The number of thioether (sulfide) groups is 1. The van der Waals surface area contributed by atoms with Crippen molar-refractivity contribution in [3.63, 3.8) is 0 Å². The summed E-state index contributed by atoms with van der Waals surface area (Å²) in [6.45, 7) is 3.81. The summed E-state index contributed by atoms with van der Waals surface area (Å²) in [6, 6.07) is -0.683. The topological polar surface area (TPSA) is 78.9 Å². The first-order valence-corrected chi connectivity index (χ1v) is 7.72. The minimum Gasteiger partial charge on any atom is -0.480 e. The summed E-state index contributed by atoms with van der Waals surface area (Å²) < 4.78 is 5.38. The SMILES string of the molecule is CCCNC1COCC1C(=O)N1CSC[C@H]1C(=O)O. The van der Waals surface area contributed by atoms with Gasteiger partial charge in [-0.15, -0.1) is 11.8 Å². The van der Waals surface area contributed by atoms with Gasteiger partial charge in [-0.05, 0) is 13.0 Å². The molecule has 0 bridgehead atoms. The molecule has 0 spiro atoms. The molecule has 0 aromatic carbocycles. The van der Waals surface area contributed by atoms with E-state index in [0.717, 1.165) is 13.0 Å². The Morgan fingerprint density at radius 2 is 2.26 bits per heavy atom. The highest BCUT2D eigenvalue weighted by Gasteiger charge is 2.42. The minimum absolute atomic E-state index is 0.00694. The van der Waals surface area contributed by atoms with Gasteiger partial charge in [-0.2, -0.15) is 0 Å². The molecule has 2 aliphatic heterocycles. The lowest BCUT2D eigenvalue weighted by molar-refractivity contribution is -0.149. The quantitative estimate of drug-likeness (QED) is 0.740. The average Bonchev–Trinajstić information content (AvgIpc) is 3.04. The van der Waals surface area contributed by atoms with Crippen molar-refractivity contribution in [1.29, 1.82) is 0 Å². The fourth-order valence-electron chi connectivity index (χ4n) is 2.41. The van der Waals surface area contributed by atoms with Crippen LogP contribution in [-0.2, 0) is 14.3 Å². The Morgan fingerprint density at radius 1 is 1.47 bits per heavy atom. The van der Waals surface area contributed by atoms with E-state index in [1.54, 1.807) is 0 Å². The number of hydrogen-bond donors (Lipinski definition) is 2. The monoisotopic (exact) mass is 288 g/mol. The molecule has 0 aliphatic carbocycles. The number of nitrogens with one attached hydrogen (secondary N) is 1. The highest BCUT2D eigenvalue weighted by atomic mass is 32.2. The van der Waals surface area contributed by atoms with Crippen molar-refractivity contribution in [3.05, 3.63) is 0 Å². The molecule has 2 heterocycles. The van der Waals surface area contributed by atoms with Crippen LogP contribution in [0.4, 0.5) is 0 Å². The van der Waals surface area contributed by atoms with E-state index in [2.05, 4.69) is 12.2 Å². The molecule has 7 heteroatoms. The maximum absolute atomic E-state index is 12.5. The lowest BCUT2D eigenvalue weighted by Gasteiger charge is -2.26. The third-order valence-corrected chi connectivity index (χ3v) is 4.52. The van der Waals surface area contributed by atoms with E-state index in [0.29, 0.717) is 24.8 Å². The Labute approximate surface area is 116 Å². The van der Waals surface area contributed by atoms with Crippen molar-refractivity contribution in [1.82, 2.24) is 10.2 Å². The number of ether oxygens (including phenoxy) is 1. The summed E-state index contributed by atoms with van der Waals surface area (Å²) >= 11 is 1.49. The maximum Gasteiger partial charge on any atom is 0.327 e. The van der Waals surface area contributed by atoms with Gasteiger partial charge in [0, 0.05) is 11.8 Å². The van der Waals surface area contributed by atoms with Crippen LogP contribution in [0.3, 0.4) is 0 Å². The first-order chi connectivity index (χ1) is 9.15. The maximum atomic E-state index is 12.5. The molecular formula is C12H20N2O4S. The van der Waals surface area contributed by atoms with E-state index >= 15 is 0 Å². The Bertz CT molecular complexity index is 353. The molecule has 0 aromatic rings. The van der Waals surface area contributed by atoms with Crippen molar-refractivity contribution in [3.8, 4) is 0 Å². The number of carboxylic acid groups (broad SMARTS) is 1. The predicted octanol–water partition coefficient (Wildman–Crippen LogP) is -0.0129. The number of carboxylic acids is 1. The van der Waals surface area contributed by atoms with Crippen LogP contribution in [0.1, 0.15) is 13.3 Å². The molecule has 2 aliphatic rings. The van der Waals surface area contributed by atoms with Gasteiger partial charge in [0.2, 0.25) is 5.91 Å². The third-order valence-electron chi connectivity index (χ3n) is 3.50. The van der Waals surface area contributed by atoms with Gasteiger partial charge < -0.3 is 20.1 Å². The molecule has 6 nitrogen and oxygen atoms in total. The smallest absolute Gasteiger partial charge is 0.327 e. The van der Waals surface area contributed by atoms with E-state index in [1.807, 2.05) is 0 Å². The number of amides is 1. The van der Waals surface area contributed by atoms with E-state index in [4.69, 9.17) is 9.84 Å². The van der Waals surface area contributed by atoms with Gasteiger partial charge in [0.05, 0.1) is 25.0 Å². The van der Waals surface area contributed by atoms with Crippen molar-refractivity contribution < 1.29 is 19.4 Å². The second kappa shape index (κ2) is 6.58. The second-order valence-corrected chi connectivity index (χ2v) is 5.87. The largest absolute Gasteiger partial charge is 0.480 e. The molecule has 108 valence electrons. The van der Waals surface area contributed by atoms with E-state index in [9.17, 15) is 9.59 Å². The molecule has 2 N–H and O–H groups in total.